The van der Waals surface area contributed by atoms with Crippen molar-refractivity contribution in [3.63, 3.8) is 0 Å². The first-order valence-corrected chi connectivity index (χ1v) is 9.99. The molecule has 0 aromatic heterocycles. The number of hydrogen-bond donors (Lipinski definition) is 1. The molecule has 0 unspecified atom stereocenters. The van der Waals surface area contributed by atoms with E-state index >= 15 is 0 Å². The third-order valence-corrected chi connectivity index (χ3v) is 5.50. The molecule has 1 aromatic rings. The zero-order valence-electron chi connectivity index (χ0n) is 12.5. The summed E-state index contributed by atoms with van der Waals surface area (Å²) in [7, 11) is -7.26. The molecule has 0 amide bonds. The van der Waals surface area contributed by atoms with Crippen molar-refractivity contribution >= 4 is 25.7 Å². The molecule has 0 bridgehead atoms. The van der Waals surface area contributed by atoms with Crippen LogP contribution in [0.25, 0.3) is 0 Å². The second kappa shape index (κ2) is 7.05. The van der Waals surface area contributed by atoms with E-state index in [1.165, 1.54) is 6.92 Å². The summed E-state index contributed by atoms with van der Waals surface area (Å²) in [4.78, 5) is 0. The lowest BCUT2D eigenvalue weighted by Gasteiger charge is -2.23. The maximum Gasteiger partial charge on any atom is 0.416 e. The quantitative estimate of drug-likeness (QED) is 0.782. The van der Waals surface area contributed by atoms with Gasteiger partial charge >= 0.3 is 6.18 Å². The summed E-state index contributed by atoms with van der Waals surface area (Å²) >= 11 is 0. The molecule has 1 rings (SSSR count). The first-order valence-electron chi connectivity index (χ1n) is 6.49. The first kappa shape index (κ1) is 19.7. The number of alkyl halides is 3. The Labute approximate surface area is 133 Å². The molecule has 0 saturated heterocycles. The Morgan fingerprint density at radius 3 is 2.00 bits per heavy atom. The first-order chi connectivity index (χ1) is 10.4. The fraction of sp³-hybridized carbons (Fsp3) is 0.500. The van der Waals surface area contributed by atoms with Crippen LogP contribution in [-0.2, 0) is 26.2 Å². The molecular weight excluding hydrogens is 357 g/mol. The topological polar surface area (TPSA) is 83.6 Å². The second-order valence-corrected chi connectivity index (χ2v) is 8.68. The van der Waals surface area contributed by atoms with Gasteiger partial charge in [-0.3, -0.25) is 4.31 Å². The van der Waals surface area contributed by atoms with Crippen molar-refractivity contribution in [1.82, 2.24) is 4.72 Å². The SMILES string of the molecule is CCS(=O)(=O)NCCN(c1ccc(C(F)(F)F)cc1)S(C)(=O)=O. The standard InChI is InChI=1S/C12H17F3N2O4S2/c1-3-23(20,21)16-8-9-17(22(2,18)19)11-6-4-10(5-7-11)12(13,14)15/h4-7,16H,3,8-9H2,1-2H3. The minimum Gasteiger partial charge on any atom is -0.269 e. The summed E-state index contributed by atoms with van der Waals surface area (Å²) in [6, 6.07) is 3.59. The fourth-order valence-corrected chi connectivity index (χ4v) is 3.24. The van der Waals surface area contributed by atoms with Crippen molar-refractivity contribution in [1.29, 1.82) is 0 Å². The summed E-state index contributed by atoms with van der Waals surface area (Å²) in [6.07, 6.45) is -3.63. The largest absolute Gasteiger partial charge is 0.416 e. The van der Waals surface area contributed by atoms with Gasteiger partial charge in [-0.05, 0) is 31.2 Å². The van der Waals surface area contributed by atoms with Gasteiger partial charge in [-0.15, -0.1) is 0 Å². The van der Waals surface area contributed by atoms with E-state index < -0.39 is 31.8 Å². The van der Waals surface area contributed by atoms with E-state index in [1.807, 2.05) is 0 Å². The van der Waals surface area contributed by atoms with Crippen molar-refractivity contribution in [3.8, 4) is 0 Å². The predicted molar refractivity (Wildman–Crippen MR) is 81.1 cm³/mol. The summed E-state index contributed by atoms with van der Waals surface area (Å²) in [5.74, 6) is -0.161. The van der Waals surface area contributed by atoms with Gasteiger partial charge in [0.25, 0.3) is 0 Å². The highest BCUT2D eigenvalue weighted by atomic mass is 32.2. The molecule has 0 aliphatic carbocycles. The molecule has 0 heterocycles. The van der Waals surface area contributed by atoms with Crippen molar-refractivity contribution in [2.75, 3.05) is 29.4 Å². The van der Waals surface area contributed by atoms with Crippen LogP contribution in [0.5, 0.6) is 0 Å². The Morgan fingerprint density at radius 2 is 1.61 bits per heavy atom. The third-order valence-electron chi connectivity index (χ3n) is 2.90. The van der Waals surface area contributed by atoms with Crippen LogP contribution in [0.1, 0.15) is 12.5 Å². The average Bonchev–Trinajstić information content (AvgIpc) is 2.41. The lowest BCUT2D eigenvalue weighted by atomic mass is 10.2. The Kier molecular flexibility index (Phi) is 6.05. The van der Waals surface area contributed by atoms with E-state index in [0.29, 0.717) is 0 Å². The highest BCUT2D eigenvalue weighted by molar-refractivity contribution is 7.92. The van der Waals surface area contributed by atoms with E-state index in [4.69, 9.17) is 0 Å². The molecule has 0 atom stereocenters. The number of nitrogens with zero attached hydrogens (tertiary/aromatic N) is 1. The highest BCUT2D eigenvalue weighted by Gasteiger charge is 2.30. The monoisotopic (exact) mass is 374 g/mol. The minimum atomic E-state index is -4.52. The van der Waals surface area contributed by atoms with Crippen LogP contribution < -0.4 is 9.03 Å². The van der Waals surface area contributed by atoms with Crippen LogP contribution in [0.15, 0.2) is 24.3 Å². The molecule has 0 saturated carbocycles. The Bertz CT molecular complexity index is 729. The Morgan fingerprint density at radius 1 is 1.09 bits per heavy atom. The normalized spacial score (nSPS) is 13.1. The molecule has 0 fully saturated rings. The number of nitrogens with one attached hydrogen (secondary N) is 1. The molecule has 0 radical (unpaired) electrons. The van der Waals surface area contributed by atoms with Crippen molar-refractivity contribution in [2.45, 2.75) is 13.1 Å². The number of hydrogen-bond acceptors (Lipinski definition) is 4. The fourth-order valence-electron chi connectivity index (χ4n) is 1.71. The lowest BCUT2D eigenvalue weighted by Crippen LogP contribution is -2.38. The summed E-state index contributed by atoms with van der Waals surface area (Å²) in [5.41, 5.74) is -0.877. The summed E-state index contributed by atoms with van der Waals surface area (Å²) in [5, 5.41) is 0. The Hall–Kier alpha value is -1.33. The molecule has 0 spiro atoms. The molecule has 1 aromatic carbocycles. The van der Waals surface area contributed by atoms with Crippen LogP contribution in [0, 0.1) is 0 Å². The van der Waals surface area contributed by atoms with Crippen molar-refractivity contribution < 1.29 is 30.0 Å². The zero-order chi connectivity index (χ0) is 17.9. The summed E-state index contributed by atoms with van der Waals surface area (Å²) in [6.45, 7) is 1.00. The molecule has 0 aliphatic heterocycles. The predicted octanol–water partition coefficient (Wildman–Crippen LogP) is 1.41. The average molecular weight is 374 g/mol. The number of halogens is 3. The summed E-state index contributed by atoms with van der Waals surface area (Å²) < 4.78 is 86.8. The lowest BCUT2D eigenvalue weighted by molar-refractivity contribution is -0.137. The van der Waals surface area contributed by atoms with Gasteiger partial charge in [0.1, 0.15) is 0 Å². The van der Waals surface area contributed by atoms with E-state index in [9.17, 15) is 30.0 Å². The van der Waals surface area contributed by atoms with Crippen molar-refractivity contribution in [3.05, 3.63) is 29.8 Å². The van der Waals surface area contributed by atoms with Gasteiger partial charge in [0, 0.05) is 13.1 Å². The van der Waals surface area contributed by atoms with Crippen LogP contribution in [-0.4, -0.2) is 41.9 Å². The molecule has 132 valence electrons. The molecule has 23 heavy (non-hydrogen) atoms. The maximum atomic E-state index is 12.5. The molecule has 0 aliphatic rings. The van der Waals surface area contributed by atoms with Gasteiger partial charge in [-0.2, -0.15) is 13.2 Å². The van der Waals surface area contributed by atoms with E-state index in [-0.39, 0.29) is 24.5 Å². The number of sulfonamides is 2. The number of benzene rings is 1. The minimum absolute atomic E-state index is 0.0243. The molecule has 1 N–H and O–H groups in total. The van der Waals surface area contributed by atoms with E-state index in [2.05, 4.69) is 4.72 Å². The number of anilines is 1. The van der Waals surface area contributed by atoms with Crippen LogP contribution >= 0.6 is 0 Å². The van der Waals surface area contributed by atoms with Gasteiger partial charge < -0.3 is 0 Å². The highest BCUT2D eigenvalue weighted by Crippen LogP contribution is 2.30. The van der Waals surface area contributed by atoms with Gasteiger partial charge in [-0.25, -0.2) is 21.6 Å². The van der Waals surface area contributed by atoms with Gasteiger partial charge in [0.15, 0.2) is 0 Å². The third kappa shape index (κ3) is 5.99. The molecule has 11 heteroatoms. The van der Waals surface area contributed by atoms with Crippen LogP contribution in [0.4, 0.5) is 18.9 Å². The van der Waals surface area contributed by atoms with Gasteiger partial charge in [0.05, 0.1) is 23.3 Å². The Balaban J connectivity index is 2.96. The van der Waals surface area contributed by atoms with Crippen LogP contribution in [0.2, 0.25) is 0 Å². The molecule has 6 nitrogen and oxygen atoms in total. The molecular formula is C12H17F3N2O4S2. The second-order valence-electron chi connectivity index (χ2n) is 4.68. The zero-order valence-corrected chi connectivity index (χ0v) is 14.1. The van der Waals surface area contributed by atoms with Crippen molar-refractivity contribution in [2.24, 2.45) is 0 Å². The van der Waals surface area contributed by atoms with E-state index in [0.717, 1.165) is 34.8 Å². The smallest absolute Gasteiger partial charge is 0.269 e. The number of rotatable bonds is 7. The van der Waals surface area contributed by atoms with Crippen LogP contribution in [0.3, 0.4) is 0 Å². The van der Waals surface area contributed by atoms with Gasteiger partial charge in [0.2, 0.25) is 20.0 Å². The van der Waals surface area contributed by atoms with E-state index in [1.54, 1.807) is 0 Å². The van der Waals surface area contributed by atoms with Gasteiger partial charge in [-0.1, -0.05) is 0 Å². The maximum absolute atomic E-state index is 12.5.